The number of nitrogens with one attached hydrogen (secondary N) is 1. The average molecular weight is 1260 g/mol. The molecule has 2 aliphatic rings. The molecule has 2 atom stereocenters. The Bertz CT molecular complexity index is 3890. The molecular formula is C64H62Cl4F2N10O7. The van der Waals surface area contributed by atoms with E-state index in [1.165, 1.54) is 44.8 Å². The van der Waals surface area contributed by atoms with E-state index >= 15 is 0 Å². The molecule has 452 valence electrons. The maximum absolute atomic E-state index is 13.8. The number of aromatic nitrogens is 6. The number of benzene rings is 4. The van der Waals surface area contributed by atoms with Crippen molar-refractivity contribution in [2.24, 2.45) is 5.73 Å². The van der Waals surface area contributed by atoms with E-state index in [2.05, 4.69) is 20.4 Å². The molecule has 2 aliphatic heterocycles. The molecule has 0 bridgehead atoms. The minimum Gasteiger partial charge on any atom is -0.476 e. The Labute approximate surface area is 521 Å². The van der Waals surface area contributed by atoms with E-state index in [9.17, 15) is 33.1 Å². The molecule has 3 amide bonds. The quantitative estimate of drug-likeness (QED) is 0.123. The van der Waals surface area contributed by atoms with Crippen molar-refractivity contribution in [1.82, 2.24) is 44.6 Å². The van der Waals surface area contributed by atoms with Crippen molar-refractivity contribution in [2.45, 2.75) is 91.5 Å². The normalized spacial score (nSPS) is 14.6. The number of nitrogens with zero attached hydrogens (tertiary/aromatic N) is 8. The van der Waals surface area contributed by atoms with Crippen LogP contribution in [0.15, 0.2) is 134 Å². The van der Waals surface area contributed by atoms with Gasteiger partial charge in [0.25, 0.3) is 5.91 Å². The Kier molecular flexibility index (Phi) is 20.4. The molecule has 4 aromatic carbocycles. The maximum atomic E-state index is 13.8. The third-order valence-corrected chi connectivity index (χ3v) is 14.2. The molecule has 0 radical (unpaired) electrons. The van der Waals surface area contributed by atoms with E-state index in [4.69, 9.17) is 66.7 Å². The monoisotopic (exact) mass is 1260 g/mol. The van der Waals surface area contributed by atoms with Crippen molar-refractivity contribution in [1.29, 1.82) is 0 Å². The Morgan fingerprint density at radius 1 is 0.609 bits per heavy atom. The van der Waals surface area contributed by atoms with Gasteiger partial charge in [-0.1, -0.05) is 82.8 Å². The van der Waals surface area contributed by atoms with Gasteiger partial charge in [-0.15, -0.1) is 0 Å². The molecule has 0 fully saturated rings. The highest BCUT2D eigenvalue weighted by Gasteiger charge is 2.39. The van der Waals surface area contributed by atoms with Crippen LogP contribution in [0.1, 0.15) is 133 Å². The second kappa shape index (κ2) is 27.5. The van der Waals surface area contributed by atoms with Gasteiger partial charge in [0.15, 0.2) is 11.4 Å². The summed E-state index contributed by atoms with van der Waals surface area (Å²) in [6, 6.07) is 32.1. The Morgan fingerprint density at radius 2 is 1.02 bits per heavy atom. The van der Waals surface area contributed by atoms with Gasteiger partial charge in [0.2, 0.25) is 0 Å². The van der Waals surface area contributed by atoms with Crippen LogP contribution in [0.2, 0.25) is 20.1 Å². The fraction of sp³-hybridized carbons (Fsp3) is 0.250. The van der Waals surface area contributed by atoms with E-state index in [1.807, 2.05) is 44.2 Å². The predicted octanol–water partition coefficient (Wildman–Crippen LogP) is 14.9. The first-order chi connectivity index (χ1) is 41.2. The number of pyridine rings is 2. The van der Waals surface area contributed by atoms with E-state index < -0.39 is 52.9 Å². The fourth-order valence-electron chi connectivity index (χ4n) is 9.21. The Balaban J connectivity index is 0.000000200. The van der Waals surface area contributed by atoms with Gasteiger partial charge < -0.3 is 25.6 Å². The molecule has 87 heavy (non-hydrogen) atoms. The first-order valence-corrected chi connectivity index (χ1v) is 28.9. The summed E-state index contributed by atoms with van der Waals surface area (Å²) in [5.74, 6) is -2.43. The van der Waals surface area contributed by atoms with Gasteiger partial charge in [-0.2, -0.15) is 10.2 Å². The minimum absolute atomic E-state index is 0.0474. The molecule has 0 aliphatic carbocycles. The highest BCUT2D eigenvalue weighted by molar-refractivity contribution is 6.36. The van der Waals surface area contributed by atoms with Gasteiger partial charge in [-0.3, -0.25) is 24.6 Å². The number of amides is 3. The van der Waals surface area contributed by atoms with Crippen molar-refractivity contribution >= 4 is 94.0 Å². The summed E-state index contributed by atoms with van der Waals surface area (Å²) in [7, 11) is 0. The number of hydrogen-bond acceptors (Lipinski definition) is 11. The number of ether oxygens (including phenoxy) is 2. The summed E-state index contributed by atoms with van der Waals surface area (Å²) in [4.78, 5) is 63.9. The van der Waals surface area contributed by atoms with Gasteiger partial charge in [0, 0.05) is 52.7 Å². The van der Waals surface area contributed by atoms with Crippen LogP contribution in [0.25, 0.3) is 34.9 Å². The maximum Gasteiger partial charge on any atom is 0.414 e. The first-order valence-electron chi connectivity index (χ1n) is 27.4. The Morgan fingerprint density at radius 3 is 1.39 bits per heavy atom. The van der Waals surface area contributed by atoms with E-state index in [0.717, 1.165) is 5.69 Å². The number of aromatic carboxylic acids is 1. The average Bonchev–Trinajstić information content (AvgIpc) is 1.70. The zero-order valence-electron chi connectivity index (χ0n) is 48.7. The van der Waals surface area contributed by atoms with Crippen LogP contribution >= 0.6 is 46.4 Å². The number of carboxylic acids is 1. The lowest BCUT2D eigenvalue weighted by Crippen LogP contribution is -2.40. The molecule has 23 heteroatoms. The molecule has 4 N–H and O–H groups in total. The molecule has 4 aromatic heterocycles. The van der Waals surface area contributed by atoms with Crippen LogP contribution in [-0.2, 0) is 22.3 Å². The fourth-order valence-corrected chi connectivity index (χ4v) is 10.2. The smallest absolute Gasteiger partial charge is 0.414 e. The van der Waals surface area contributed by atoms with Gasteiger partial charge in [-0.05, 0) is 176 Å². The van der Waals surface area contributed by atoms with Crippen LogP contribution in [0, 0.1) is 11.6 Å². The van der Waals surface area contributed by atoms with Gasteiger partial charge in [0.05, 0.1) is 61.6 Å². The SMILES string of the molecule is CC(C)(C)OC(=O)N1CCc2c(C(=O)O)nn(-c3ccc(Cl)cc3Cl)c2/C1=C/c1ccc(F)cc1.CC(N)c1ccccn1.CC(NC(=O)c1nn(-c2ccc(Cl)cc2Cl)c2c1CCN(C(=O)OC(C)(C)C)/C2=C\c1ccc(F)cc1)c1ccccn1. The summed E-state index contributed by atoms with van der Waals surface area (Å²) in [6.45, 7) is 14.7. The van der Waals surface area contributed by atoms with Gasteiger partial charge in [0.1, 0.15) is 22.8 Å². The molecule has 17 nitrogen and oxygen atoms in total. The van der Waals surface area contributed by atoms with E-state index in [0.29, 0.717) is 83.6 Å². The van der Waals surface area contributed by atoms with Crippen molar-refractivity contribution in [3.8, 4) is 11.4 Å². The number of halogens is 6. The largest absolute Gasteiger partial charge is 0.476 e. The topological polar surface area (TPSA) is 213 Å². The predicted molar refractivity (Wildman–Crippen MR) is 333 cm³/mol. The third kappa shape index (κ3) is 16.1. The summed E-state index contributed by atoms with van der Waals surface area (Å²) in [5, 5.41) is 23.3. The lowest BCUT2D eigenvalue weighted by molar-refractivity contribution is 0.0339. The van der Waals surface area contributed by atoms with Crippen molar-refractivity contribution in [2.75, 3.05) is 13.1 Å². The minimum atomic E-state index is -1.21. The highest BCUT2D eigenvalue weighted by atomic mass is 35.5. The number of carboxylic acid groups (broad SMARTS) is 1. The molecule has 6 heterocycles. The number of hydrogen-bond donors (Lipinski definition) is 3. The van der Waals surface area contributed by atoms with Crippen molar-refractivity contribution in [3.05, 3.63) is 222 Å². The summed E-state index contributed by atoms with van der Waals surface area (Å²) >= 11 is 25.4. The summed E-state index contributed by atoms with van der Waals surface area (Å²) < 4.78 is 41.6. The van der Waals surface area contributed by atoms with Crippen LogP contribution in [0.4, 0.5) is 18.4 Å². The van der Waals surface area contributed by atoms with Gasteiger partial charge >= 0.3 is 18.2 Å². The standard InChI is InChI=1S/C32H30Cl2FN5O3.C25H22Cl2FN3O4.C7H10N2/c1-19(25-7-5-6-15-36-25)37-30(41)28-23-14-16-39(31(42)43-32(2,3)4)27(17-20-8-11-22(35)12-9-20)29(23)40(38-28)26-13-10-21(33)18-24(26)34;1-25(2,3)35-24(34)30-11-10-17-21(23(32)33)29-31(19-9-6-15(26)13-18(19)27)22(17)20(30)12-14-4-7-16(28)8-5-14;1-6(8)7-4-2-3-5-9-7/h5-13,15,17-19H,14,16H2,1-4H3,(H,37,41);4-9,12-13H,10-11H2,1-3H3,(H,32,33);2-6H,8H2,1H3/b27-17-;20-12-;. The molecule has 8 aromatic rings. The second-order valence-electron chi connectivity index (χ2n) is 22.1. The molecule has 0 saturated heterocycles. The zero-order valence-corrected chi connectivity index (χ0v) is 51.7. The number of nitrogens with two attached hydrogens (primary N) is 1. The number of rotatable bonds is 9. The highest BCUT2D eigenvalue weighted by Crippen LogP contribution is 2.40. The third-order valence-electron chi connectivity index (χ3n) is 13.1. The lowest BCUT2D eigenvalue weighted by Gasteiger charge is -2.32. The van der Waals surface area contributed by atoms with Crippen LogP contribution < -0.4 is 11.1 Å². The number of carbonyl (C=O) groups excluding carboxylic acids is 3. The van der Waals surface area contributed by atoms with Crippen molar-refractivity contribution in [3.63, 3.8) is 0 Å². The molecule has 0 saturated carbocycles. The van der Waals surface area contributed by atoms with E-state index in [1.54, 1.807) is 131 Å². The molecule has 2 unspecified atom stereocenters. The number of fused-ring (bicyclic) bond motifs is 2. The van der Waals surface area contributed by atoms with Crippen LogP contribution in [0.5, 0.6) is 0 Å². The first kappa shape index (κ1) is 64.5. The summed E-state index contributed by atoms with van der Waals surface area (Å²) in [6.07, 6.45) is 6.16. The summed E-state index contributed by atoms with van der Waals surface area (Å²) in [5.41, 5.74) is 10.4. The molecule has 10 rings (SSSR count). The van der Waals surface area contributed by atoms with Crippen LogP contribution in [0.3, 0.4) is 0 Å². The number of carbonyl (C=O) groups is 4. The lowest BCUT2D eigenvalue weighted by atomic mass is 9.99. The molecule has 0 spiro atoms. The second-order valence-corrected chi connectivity index (χ2v) is 23.8. The van der Waals surface area contributed by atoms with Crippen molar-refractivity contribution < 1.29 is 42.5 Å². The molecular weight excluding hydrogens is 1200 g/mol. The van der Waals surface area contributed by atoms with E-state index in [-0.39, 0.29) is 42.0 Å². The Hall–Kier alpha value is -8.46. The zero-order chi connectivity index (χ0) is 63.1. The van der Waals surface area contributed by atoms with Crippen LogP contribution in [-0.4, -0.2) is 92.8 Å². The van der Waals surface area contributed by atoms with Gasteiger partial charge in [-0.25, -0.2) is 32.5 Å².